The van der Waals surface area contributed by atoms with Crippen molar-refractivity contribution in [3.63, 3.8) is 0 Å². The average Bonchev–Trinajstić information content (AvgIpc) is 2.70. The van der Waals surface area contributed by atoms with Crippen LogP contribution in [0.25, 0.3) is 0 Å². The maximum absolute atomic E-state index is 12.3. The lowest BCUT2D eigenvalue weighted by molar-refractivity contribution is -0.126. The molecule has 0 aliphatic heterocycles. The van der Waals surface area contributed by atoms with Crippen LogP contribution in [0.1, 0.15) is 136 Å². The summed E-state index contributed by atoms with van der Waals surface area (Å²) in [6, 6.07) is 0. The minimum absolute atomic E-state index is 0.219. The normalized spacial score (nSPS) is 11.4. The first-order valence-electron chi connectivity index (χ1n) is 12.7. The van der Waals surface area contributed by atoms with Crippen LogP contribution < -0.4 is 0 Å². The summed E-state index contributed by atoms with van der Waals surface area (Å²) in [4.78, 5) is 14.4. The van der Waals surface area contributed by atoms with Crippen LogP contribution in [0.2, 0.25) is 0 Å². The van der Waals surface area contributed by atoms with Gasteiger partial charge in [0, 0.05) is 13.1 Å². The van der Waals surface area contributed by atoms with Crippen molar-refractivity contribution in [2.24, 2.45) is 0 Å². The minimum atomic E-state index is 0.219. The zero-order valence-corrected chi connectivity index (χ0v) is 19.7. The monoisotopic (exact) mass is 393 g/mol. The molecule has 0 unspecified atom stereocenters. The quantitative estimate of drug-likeness (QED) is 0.141. The number of carbonyl (C=O) groups is 1. The Kier molecular flexibility index (Phi) is 21.9. The molecule has 0 atom stereocenters. The molecule has 0 aromatic heterocycles. The fourth-order valence-electron chi connectivity index (χ4n) is 3.60. The van der Waals surface area contributed by atoms with Gasteiger partial charge in [0.25, 0.3) is 0 Å². The number of rotatable bonds is 21. The van der Waals surface area contributed by atoms with Gasteiger partial charge in [0.1, 0.15) is 0 Å². The van der Waals surface area contributed by atoms with Gasteiger partial charge in [-0.25, -0.2) is 0 Å². The zero-order chi connectivity index (χ0) is 20.7. The second-order valence-electron chi connectivity index (χ2n) is 8.47. The highest BCUT2D eigenvalue weighted by Gasteiger charge is 2.08. The van der Waals surface area contributed by atoms with Crippen LogP contribution in [0.4, 0.5) is 0 Å². The first kappa shape index (κ1) is 27.2. The number of amides is 1. The van der Waals surface area contributed by atoms with Gasteiger partial charge in [-0.1, -0.05) is 117 Å². The maximum Gasteiger partial charge on any atom is 0.246 e. The van der Waals surface area contributed by atoms with Gasteiger partial charge in [-0.15, -0.1) is 0 Å². The third kappa shape index (κ3) is 18.6. The summed E-state index contributed by atoms with van der Waals surface area (Å²) < 4.78 is 0. The van der Waals surface area contributed by atoms with Gasteiger partial charge in [0.05, 0.1) is 0 Å². The van der Waals surface area contributed by atoms with Crippen LogP contribution in [0.5, 0.6) is 0 Å². The molecule has 1 amide bonds. The molecule has 0 radical (unpaired) electrons. The molecule has 0 aromatic rings. The number of carbonyl (C=O) groups excluding carboxylic acids is 1. The fourth-order valence-corrected chi connectivity index (χ4v) is 3.60. The van der Waals surface area contributed by atoms with E-state index in [1.807, 2.05) is 11.0 Å². The molecule has 0 bridgehead atoms. The topological polar surface area (TPSA) is 20.3 Å². The summed E-state index contributed by atoms with van der Waals surface area (Å²) in [5, 5.41) is 0. The Morgan fingerprint density at radius 2 is 0.964 bits per heavy atom. The first-order valence-corrected chi connectivity index (χ1v) is 12.7. The highest BCUT2D eigenvalue weighted by Crippen LogP contribution is 2.13. The van der Waals surface area contributed by atoms with Crippen molar-refractivity contribution in [3.05, 3.63) is 12.2 Å². The molecule has 0 aromatic carbocycles. The second-order valence-corrected chi connectivity index (χ2v) is 8.47. The van der Waals surface area contributed by atoms with Crippen molar-refractivity contribution >= 4 is 5.91 Å². The van der Waals surface area contributed by atoms with Crippen molar-refractivity contribution < 1.29 is 4.79 Å². The van der Waals surface area contributed by atoms with E-state index in [1.54, 1.807) is 0 Å². The Morgan fingerprint density at radius 3 is 1.39 bits per heavy atom. The van der Waals surface area contributed by atoms with E-state index in [-0.39, 0.29) is 5.91 Å². The lowest BCUT2D eigenvalue weighted by Gasteiger charge is -2.20. The van der Waals surface area contributed by atoms with E-state index in [2.05, 4.69) is 26.8 Å². The van der Waals surface area contributed by atoms with Gasteiger partial charge < -0.3 is 4.90 Å². The van der Waals surface area contributed by atoms with Crippen LogP contribution in [-0.4, -0.2) is 23.9 Å². The third-order valence-corrected chi connectivity index (χ3v) is 5.61. The number of hydrogen-bond acceptors (Lipinski definition) is 1. The lowest BCUT2D eigenvalue weighted by atomic mass is 10.0. The van der Waals surface area contributed by atoms with Gasteiger partial charge in [0.2, 0.25) is 5.91 Å². The third-order valence-electron chi connectivity index (χ3n) is 5.61. The first-order chi connectivity index (χ1) is 13.8. The average molecular weight is 394 g/mol. The van der Waals surface area contributed by atoms with Gasteiger partial charge in [-0.2, -0.15) is 0 Å². The number of allylic oxidation sites excluding steroid dienone is 1. The molecule has 0 fully saturated rings. The molecule has 0 spiro atoms. The molecule has 0 saturated carbocycles. The Balaban J connectivity index is 3.53. The Labute approximate surface area is 177 Å². The summed E-state index contributed by atoms with van der Waals surface area (Å²) in [5.74, 6) is 0.219. The molecule has 0 saturated heterocycles. The molecule has 2 nitrogen and oxygen atoms in total. The molecule has 28 heavy (non-hydrogen) atoms. The van der Waals surface area contributed by atoms with E-state index in [1.165, 1.54) is 83.5 Å². The van der Waals surface area contributed by atoms with E-state index in [4.69, 9.17) is 0 Å². The van der Waals surface area contributed by atoms with E-state index in [0.717, 1.165) is 45.2 Å². The van der Waals surface area contributed by atoms with Crippen molar-refractivity contribution in [1.29, 1.82) is 0 Å². The highest BCUT2D eigenvalue weighted by molar-refractivity contribution is 5.87. The molecule has 0 aliphatic rings. The maximum atomic E-state index is 12.3. The zero-order valence-electron chi connectivity index (χ0n) is 19.7. The summed E-state index contributed by atoms with van der Waals surface area (Å²) in [5.41, 5.74) is 0. The minimum Gasteiger partial charge on any atom is -0.339 e. The van der Waals surface area contributed by atoms with E-state index >= 15 is 0 Å². The van der Waals surface area contributed by atoms with Crippen molar-refractivity contribution in [3.8, 4) is 0 Å². The molecule has 0 rings (SSSR count). The number of nitrogens with zero attached hydrogens (tertiary/aromatic N) is 1. The fraction of sp³-hybridized carbons (Fsp3) is 0.885. The van der Waals surface area contributed by atoms with Crippen molar-refractivity contribution in [1.82, 2.24) is 4.90 Å². The highest BCUT2D eigenvalue weighted by atomic mass is 16.2. The molecular formula is C26H51NO. The standard InChI is InChI=1S/C26H51NO/c1-4-7-10-11-12-13-14-15-16-17-18-19-20-21-22-23-26(28)27(24-8-5-2)25-9-6-3/h22-23H,4-21,24-25H2,1-3H3. The molecule has 0 heterocycles. The Hall–Kier alpha value is -0.790. The molecule has 2 heteroatoms. The predicted molar refractivity (Wildman–Crippen MR) is 126 cm³/mol. The van der Waals surface area contributed by atoms with E-state index in [9.17, 15) is 4.79 Å². The largest absolute Gasteiger partial charge is 0.339 e. The van der Waals surface area contributed by atoms with Crippen molar-refractivity contribution in [2.45, 2.75) is 136 Å². The molecule has 166 valence electrons. The smallest absolute Gasteiger partial charge is 0.246 e. The Morgan fingerprint density at radius 1 is 0.571 bits per heavy atom. The predicted octanol–water partition coefficient (Wildman–Crippen LogP) is 8.45. The number of hydrogen-bond donors (Lipinski definition) is 0. The number of unbranched alkanes of at least 4 members (excludes halogenated alkanes) is 15. The lowest BCUT2D eigenvalue weighted by Crippen LogP contribution is -2.31. The van der Waals surface area contributed by atoms with E-state index < -0.39 is 0 Å². The summed E-state index contributed by atoms with van der Waals surface area (Å²) in [6.45, 7) is 8.49. The van der Waals surface area contributed by atoms with E-state index in [0.29, 0.717) is 0 Å². The van der Waals surface area contributed by atoms with Crippen molar-refractivity contribution in [2.75, 3.05) is 13.1 Å². The molecule has 0 N–H and O–H groups in total. The Bertz CT molecular complexity index is 342. The van der Waals surface area contributed by atoms with Gasteiger partial charge in [0.15, 0.2) is 0 Å². The molecular weight excluding hydrogens is 342 g/mol. The van der Waals surface area contributed by atoms with Crippen LogP contribution >= 0.6 is 0 Å². The van der Waals surface area contributed by atoms with Gasteiger partial charge in [-0.3, -0.25) is 4.79 Å². The SMILES string of the molecule is CCCCCCCCCCCCCCCC=CC(=O)N(CCCC)CCCC. The van der Waals surface area contributed by atoms with Gasteiger partial charge >= 0.3 is 0 Å². The van der Waals surface area contributed by atoms with Gasteiger partial charge in [-0.05, 0) is 31.8 Å². The van der Waals surface area contributed by atoms with Crippen LogP contribution in [0.15, 0.2) is 12.2 Å². The summed E-state index contributed by atoms with van der Waals surface area (Å²) >= 11 is 0. The van der Waals surface area contributed by atoms with Crippen LogP contribution in [-0.2, 0) is 4.79 Å². The molecule has 0 aliphatic carbocycles. The van der Waals surface area contributed by atoms with Crippen LogP contribution in [0, 0.1) is 0 Å². The van der Waals surface area contributed by atoms with Crippen LogP contribution in [0.3, 0.4) is 0 Å². The second kappa shape index (κ2) is 22.5. The summed E-state index contributed by atoms with van der Waals surface area (Å²) in [6.07, 6.45) is 27.6. The summed E-state index contributed by atoms with van der Waals surface area (Å²) in [7, 11) is 0.